The van der Waals surface area contributed by atoms with Crippen LogP contribution in [0.15, 0.2) is 11.8 Å². The van der Waals surface area contributed by atoms with Crippen LogP contribution in [0.1, 0.15) is 27.7 Å². The highest BCUT2D eigenvalue weighted by Gasteiger charge is 2.63. The van der Waals surface area contributed by atoms with Gasteiger partial charge in [0.15, 0.2) is 5.79 Å². The van der Waals surface area contributed by atoms with Gasteiger partial charge in [-0.15, -0.1) is 0 Å². The van der Waals surface area contributed by atoms with Crippen molar-refractivity contribution in [3.05, 3.63) is 11.8 Å². The van der Waals surface area contributed by atoms with Gasteiger partial charge in [-0.2, -0.15) is 0 Å². The molecule has 0 radical (unpaired) electrons. The van der Waals surface area contributed by atoms with Gasteiger partial charge in [0.05, 0.1) is 5.57 Å². The first kappa shape index (κ1) is 14.8. The third-order valence-electron chi connectivity index (χ3n) is 4.03. The summed E-state index contributed by atoms with van der Waals surface area (Å²) in [4.78, 5) is 14.2. The molecule has 3 heterocycles. The number of carbonyl (C=O) groups excluding carboxylic acids is 1. The molecule has 0 aromatic rings. The van der Waals surface area contributed by atoms with E-state index < -0.39 is 17.5 Å². The molecule has 3 aliphatic rings. The Morgan fingerprint density at radius 2 is 1.71 bits per heavy atom. The molecule has 0 amide bonds. The second kappa shape index (κ2) is 4.44. The predicted molar refractivity (Wildman–Crippen MR) is 74.4 cm³/mol. The normalized spacial score (nSPS) is 41.6. The number of ether oxygens (including phenoxy) is 4. The smallest absolute Gasteiger partial charge is 0.338 e. The molecule has 0 spiro atoms. The third kappa shape index (κ3) is 2.35. The van der Waals surface area contributed by atoms with Crippen molar-refractivity contribution in [1.82, 2.24) is 4.90 Å². The van der Waals surface area contributed by atoms with Crippen molar-refractivity contribution < 1.29 is 23.7 Å². The lowest BCUT2D eigenvalue weighted by Gasteiger charge is -2.32. The number of nitrogens with zero attached hydrogens (tertiary/aromatic N) is 1. The SMILES string of the molecule is CN(C)C=C1C(=O)OC(C)(C)C2OC1C1OC(C)(C)OC12. The summed E-state index contributed by atoms with van der Waals surface area (Å²) >= 11 is 0. The van der Waals surface area contributed by atoms with Gasteiger partial charge in [-0.05, 0) is 27.7 Å². The highest BCUT2D eigenvalue weighted by Crippen LogP contribution is 2.46. The van der Waals surface area contributed by atoms with E-state index >= 15 is 0 Å². The Labute approximate surface area is 125 Å². The van der Waals surface area contributed by atoms with Crippen LogP contribution in [0.3, 0.4) is 0 Å². The first-order valence-electron chi connectivity index (χ1n) is 7.23. The van der Waals surface area contributed by atoms with Crippen LogP contribution in [0.5, 0.6) is 0 Å². The van der Waals surface area contributed by atoms with Gasteiger partial charge in [-0.25, -0.2) is 4.79 Å². The largest absolute Gasteiger partial charge is 0.453 e. The van der Waals surface area contributed by atoms with E-state index in [1.165, 1.54) is 0 Å². The van der Waals surface area contributed by atoms with E-state index in [9.17, 15) is 4.79 Å². The Morgan fingerprint density at radius 1 is 1.10 bits per heavy atom. The summed E-state index contributed by atoms with van der Waals surface area (Å²) in [5.74, 6) is -1.03. The third-order valence-corrected chi connectivity index (χ3v) is 4.03. The molecule has 3 aliphatic heterocycles. The first-order valence-corrected chi connectivity index (χ1v) is 7.23. The maximum Gasteiger partial charge on any atom is 0.338 e. The fourth-order valence-electron chi connectivity index (χ4n) is 3.28. The summed E-state index contributed by atoms with van der Waals surface area (Å²) in [7, 11) is 3.71. The van der Waals surface area contributed by atoms with E-state index in [1.54, 1.807) is 6.20 Å². The minimum atomic E-state index is -0.763. The van der Waals surface area contributed by atoms with Gasteiger partial charge in [0, 0.05) is 20.3 Å². The molecule has 0 aliphatic carbocycles. The number of fused-ring (bicyclic) bond motifs is 5. The second-order valence-corrected chi connectivity index (χ2v) is 7.08. The number of hydrogen-bond acceptors (Lipinski definition) is 6. The van der Waals surface area contributed by atoms with Crippen molar-refractivity contribution in [1.29, 1.82) is 0 Å². The molecule has 2 bridgehead atoms. The van der Waals surface area contributed by atoms with E-state index in [0.717, 1.165) is 0 Å². The van der Waals surface area contributed by atoms with Crippen molar-refractivity contribution in [2.24, 2.45) is 0 Å². The quantitative estimate of drug-likeness (QED) is 0.533. The van der Waals surface area contributed by atoms with Gasteiger partial charge in [0.1, 0.15) is 30.0 Å². The van der Waals surface area contributed by atoms with Gasteiger partial charge < -0.3 is 23.8 Å². The Hall–Kier alpha value is -1.11. The lowest BCUT2D eigenvalue weighted by atomic mass is 9.92. The molecule has 0 aromatic heterocycles. The molecule has 3 fully saturated rings. The van der Waals surface area contributed by atoms with Crippen LogP contribution in [0.4, 0.5) is 0 Å². The van der Waals surface area contributed by atoms with Crippen molar-refractivity contribution in [2.75, 3.05) is 14.1 Å². The molecule has 0 saturated carbocycles. The molecular formula is C15H23NO5. The van der Waals surface area contributed by atoms with E-state index in [4.69, 9.17) is 18.9 Å². The number of rotatable bonds is 1. The van der Waals surface area contributed by atoms with Crippen LogP contribution >= 0.6 is 0 Å². The fourth-order valence-corrected chi connectivity index (χ4v) is 3.28. The second-order valence-electron chi connectivity index (χ2n) is 7.08. The molecule has 4 atom stereocenters. The summed E-state index contributed by atoms with van der Waals surface area (Å²) < 4.78 is 23.7. The molecule has 0 aromatic carbocycles. The van der Waals surface area contributed by atoms with Gasteiger partial charge in [0.2, 0.25) is 0 Å². The van der Waals surface area contributed by atoms with Crippen LogP contribution < -0.4 is 0 Å². The van der Waals surface area contributed by atoms with Crippen LogP contribution in [0, 0.1) is 0 Å². The van der Waals surface area contributed by atoms with Gasteiger partial charge >= 0.3 is 5.97 Å². The Morgan fingerprint density at radius 3 is 2.33 bits per heavy atom. The Balaban J connectivity index is 2.04. The molecule has 118 valence electrons. The van der Waals surface area contributed by atoms with Crippen molar-refractivity contribution >= 4 is 5.97 Å². The van der Waals surface area contributed by atoms with Crippen LogP contribution in [-0.4, -0.2) is 60.8 Å². The lowest BCUT2D eigenvalue weighted by molar-refractivity contribution is -0.200. The van der Waals surface area contributed by atoms with Crippen LogP contribution in [-0.2, 0) is 23.7 Å². The molecule has 4 unspecified atom stereocenters. The van der Waals surface area contributed by atoms with Gasteiger partial charge in [-0.1, -0.05) is 0 Å². The van der Waals surface area contributed by atoms with Crippen LogP contribution in [0.25, 0.3) is 0 Å². The number of cyclic esters (lactones) is 1. The number of hydrogen-bond donors (Lipinski definition) is 0. The summed E-state index contributed by atoms with van der Waals surface area (Å²) in [6.45, 7) is 7.45. The standard InChI is InChI=1S/C15H23NO5/c1-14(2)12-11-10(19-15(3,4)20-11)9(18-12)8(7-16(5)6)13(17)21-14/h7,9-12H,1-6H3. The zero-order chi connectivity index (χ0) is 15.6. The minimum Gasteiger partial charge on any atom is -0.453 e. The average Bonchev–Trinajstić information content (AvgIpc) is 2.75. The zero-order valence-corrected chi connectivity index (χ0v) is 13.4. The van der Waals surface area contributed by atoms with E-state index in [-0.39, 0.29) is 24.3 Å². The monoisotopic (exact) mass is 297 g/mol. The molecule has 0 N–H and O–H groups in total. The van der Waals surface area contributed by atoms with Gasteiger partial charge in [0.25, 0.3) is 0 Å². The van der Waals surface area contributed by atoms with Crippen molar-refractivity contribution in [3.8, 4) is 0 Å². The summed E-state index contributed by atoms with van der Waals surface area (Å²) in [5.41, 5.74) is -0.287. The number of carbonyl (C=O) groups is 1. The molecule has 6 heteroatoms. The van der Waals surface area contributed by atoms with Crippen LogP contribution in [0.2, 0.25) is 0 Å². The Kier molecular flexibility index (Phi) is 3.13. The zero-order valence-electron chi connectivity index (χ0n) is 13.4. The molecule has 3 rings (SSSR count). The topological polar surface area (TPSA) is 57.2 Å². The van der Waals surface area contributed by atoms with E-state index in [0.29, 0.717) is 5.57 Å². The molecule has 6 nitrogen and oxygen atoms in total. The maximum absolute atomic E-state index is 12.4. The Bertz CT molecular complexity index is 496. The molecule has 3 saturated heterocycles. The predicted octanol–water partition coefficient (Wildman–Crippen LogP) is 1.05. The lowest BCUT2D eigenvalue weighted by Crippen LogP contribution is -2.48. The minimum absolute atomic E-state index is 0.237. The fraction of sp³-hybridized carbons (Fsp3) is 0.800. The average molecular weight is 297 g/mol. The maximum atomic E-state index is 12.4. The first-order chi connectivity index (χ1) is 9.61. The van der Waals surface area contributed by atoms with Crippen molar-refractivity contribution in [3.63, 3.8) is 0 Å². The van der Waals surface area contributed by atoms with Crippen molar-refractivity contribution in [2.45, 2.75) is 63.5 Å². The van der Waals surface area contributed by atoms with E-state index in [2.05, 4.69) is 0 Å². The molecular weight excluding hydrogens is 274 g/mol. The van der Waals surface area contributed by atoms with E-state index in [1.807, 2.05) is 46.7 Å². The number of esters is 1. The summed E-state index contributed by atoms with van der Waals surface area (Å²) in [5, 5.41) is 0. The van der Waals surface area contributed by atoms with Gasteiger partial charge in [-0.3, -0.25) is 0 Å². The highest BCUT2D eigenvalue weighted by molar-refractivity contribution is 5.90. The molecule has 21 heavy (non-hydrogen) atoms. The highest BCUT2D eigenvalue weighted by atomic mass is 16.8. The summed E-state index contributed by atoms with van der Waals surface area (Å²) in [6.07, 6.45) is 0.412. The summed E-state index contributed by atoms with van der Waals surface area (Å²) in [6, 6.07) is 0.